The Hall–Kier alpha value is -1.70. The van der Waals surface area contributed by atoms with Crippen LogP contribution in [0.1, 0.15) is 5.82 Å². The number of benzene rings is 1. The molecule has 0 saturated heterocycles. The maximum atomic E-state index is 12.3. The van der Waals surface area contributed by atoms with Crippen molar-refractivity contribution in [1.82, 2.24) is 13.3 Å². The van der Waals surface area contributed by atoms with Gasteiger partial charge in [-0.25, -0.2) is 4.98 Å². The van der Waals surface area contributed by atoms with E-state index in [1.54, 1.807) is 6.07 Å². The molecule has 0 atom stereocenters. The highest BCUT2D eigenvalue weighted by Crippen LogP contribution is 2.29. The van der Waals surface area contributed by atoms with Crippen molar-refractivity contribution in [3.8, 4) is 6.07 Å². The first-order valence-corrected chi connectivity index (χ1v) is 7.85. The molecule has 0 amide bonds. The van der Waals surface area contributed by atoms with Crippen LogP contribution in [0.3, 0.4) is 0 Å². The number of hydrogen-bond acceptors (Lipinski definition) is 5. The SMILES string of the molecule is CN(C)S(=O)(=O)n1c(C#N)nc2cc(SC(F)F)ccc21. The van der Waals surface area contributed by atoms with Gasteiger partial charge in [0.05, 0.1) is 11.0 Å². The number of rotatable bonds is 4. The summed E-state index contributed by atoms with van der Waals surface area (Å²) in [4.78, 5) is 4.13. The van der Waals surface area contributed by atoms with Crippen LogP contribution in [0.25, 0.3) is 11.0 Å². The molecule has 1 heterocycles. The molecule has 0 bridgehead atoms. The van der Waals surface area contributed by atoms with E-state index in [-0.39, 0.29) is 21.8 Å². The van der Waals surface area contributed by atoms with Gasteiger partial charge in [0, 0.05) is 19.0 Å². The zero-order chi connectivity index (χ0) is 15.8. The number of alkyl halides is 2. The van der Waals surface area contributed by atoms with Gasteiger partial charge in [-0.1, -0.05) is 11.8 Å². The molecule has 0 aliphatic carbocycles. The zero-order valence-corrected chi connectivity index (χ0v) is 12.6. The second-order valence-electron chi connectivity index (χ2n) is 4.13. The van der Waals surface area contributed by atoms with Crippen LogP contribution in [0, 0.1) is 11.3 Å². The van der Waals surface area contributed by atoms with Gasteiger partial charge < -0.3 is 0 Å². The second kappa shape index (κ2) is 5.59. The fraction of sp³-hybridized carbons (Fsp3) is 0.273. The molecule has 1 aromatic carbocycles. The Morgan fingerprint density at radius 1 is 1.43 bits per heavy atom. The van der Waals surface area contributed by atoms with E-state index in [1.807, 2.05) is 0 Å². The molecule has 0 aliphatic rings. The van der Waals surface area contributed by atoms with Crippen molar-refractivity contribution in [1.29, 1.82) is 5.26 Å². The molecule has 0 fully saturated rings. The highest BCUT2D eigenvalue weighted by molar-refractivity contribution is 7.99. The van der Waals surface area contributed by atoms with Crippen molar-refractivity contribution in [2.24, 2.45) is 0 Å². The van der Waals surface area contributed by atoms with Crippen molar-refractivity contribution in [3.05, 3.63) is 24.0 Å². The number of aromatic nitrogens is 2. The first-order chi connectivity index (χ1) is 9.77. The lowest BCUT2D eigenvalue weighted by Gasteiger charge is -2.13. The predicted molar refractivity (Wildman–Crippen MR) is 74.3 cm³/mol. The molecule has 0 radical (unpaired) electrons. The Labute approximate surface area is 124 Å². The quantitative estimate of drug-likeness (QED) is 0.799. The fourth-order valence-corrected chi connectivity index (χ4v) is 3.24. The van der Waals surface area contributed by atoms with Crippen molar-refractivity contribution < 1.29 is 17.2 Å². The number of nitrogens with zero attached hydrogens (tertiary/aromatic N) is 4. The van der Waals surface area contributed by atoms with Crippen molar-refractivity contribution >= 4 is 33.0 Å². The van der Waals surface area contributed by atoms with Crippen LogP contribution in [-0.4, -0.2) is 41.5 Å². The summed E-state index contributed by atoms with van der Waals surface area (Å²) in [5.74, 6) is -2.91. The minimum Gasteiger partial charge on any atom is -0.218 e. The van der Waals surface area contributed by atoms with Crippen molar-refractivity contribution in [2.75, 3.05) is 14.1 Å². The van der Waals surface area contributed by atoms with Crippen LogP contribution in [0.15, 0.2) is 23.1 Å². The van der Waals surface area contributed by atoms with E-state index in [4.69, 9.17) is 5.26 Å². The number of nitriles is 1. The molecule has 0 unspecified atom stereocenters. The fourth-order valence-electron chi connectivity index (χ4n) is 1.68. The molecule has 0 aliphatic heterocycles. The average Bonchev–Trinajstić information content (AvgIpc) is 2.75. The Morgan fingerprint density at radius 2 is 2.10 bits per heavy atom. The minimum absolute atomic E-state index is 0.166. The van der Waals surface area contributed by atoms with Crippen LogP contribution in [0.4, 0.5) is 8.78 Å². The normalized spacial score (nSPS) is 12.2. The first kappa shape index (κ1) is 15.7. The van der Waals surface area contributed by atoms with Gasteiger partial charge >= 0.3 is 10.2 Å². The summed E-state index contributed by atoms with van der Waals surface area (Å²) in [5.41, 5.74) is 0.335. The van der Waals surface area contributed by atoms with E-state index < -0.39 is 16.0 Å². The monoisotopic (exact) mass is 332 g/mol. The molecule has 112 valence electrons. The lowest BCUT2D eigenvalue weighted by atomic mass is 10.3. The Bertz CT molecular complexity index is 825. The Morgan fingerprint density at radius 3 is 2.62 bits per heavy atom. The number of halogens is 2. The van der Waals surface area contributed by atoms with E-state index in [2.05, 4.69) is 4.98 Å². The van der Waals surface area contributed by atoms with Gasteiger partial charge in [0.1, 0.15) is 6.07 Å². The van der Waals surface area contributed by atoms with Crippen LogP contribution >= 0.6 is 11.8 Å². The molecule has 1 aromatic heterocycles. The number of fused-ring (bicyclic) bond motifs is 1. The summed E-state index contributed by atoms with van der Waals surface area (Å²) in [5, 5.41) is 9.04. The standard InChI is InChI=1S/C11H10F2N4O2S2/c1-16(2)21(18,19)17-9-4-3-7(20-11(12)13)5-8(9)15-10(17)6-14/h3-5,11H,1-2H3. The summed E-state index contributed by atoms with van der Waals surface area (Å²) in [6, 6.07) is 5.75. The van der Waals surface area contributed by atoms with Crippen molar-refractivity contribution in [2.45, 2.75) is 10.7 Å². The zero-order valence-electron chi connectivity index (χ0n) is 11.0. The van der Waals surface area contributed by atoms with Crippen LogP contribution < -0.4 is 0 Å². The number of thioether (sulfide) groups is 1. The van der Waals surface area contributed by atoms with E-state index >= 15 is 0 Å². The highest BCUT2D eigenvalue weighted by Gasteiger charge is 2.24. The highest BCUT2D eigenvalue weighted by atomic mass is 32.2. The largest absolute Gasteiger partial charge is 0.309 e. The van der Waals surface area contributed by atoms with Gasteiger partial charge in [0.25, 0.3) is 5.76 Å². The summed E-state index contributed by atoms with van der Waals surface area (Å²) >= 11 is 0.324. The third-order valence-corrected chi connectivity index (χ3v) is 5.06. The third-order valence-electron chi connectivity index (χ3n) is 2.60. The second-order valence-corrected chi connectivity index (χ2v) is 7.19. The molecule has 2 aromatic rings. The van der Waals surface area contributed by atoms with Gasteiger partial charge in [0.15, 0.2) is 0 Å². The van der Waals surface area contributed by atoms with Gasteiger partial charge in [-0.05, 0) is 18.2 Å². The predicted octanol–water partition coefficient (Wildman–Crippen LogP) is 1.88. The summed E-state index contributed by atoms with van der Waals surface area (Å²) in [7, 11) is -1.28. The smallest absolute Gasteiger partial charge is 0.218 e. The molecular weight excluding hydrogens is 322 g/mol. The summed E-state index contributed by atoms with van der Waals surface area (Å²) < 4.78 is 50.9. The van der Waals surface area contributed by atoms with Crippen LogP contribution in [0.5, 0.6) is 0 Å². The molecule has 0 spiro atoms. The molecule has 21 heavy (non-hydrogen) atoms. The van der Waals surface area contributed by atoms with Crippen molar-refractivity contribution in [3.63, 3.8) is 0 Å². The van der Waals surface area contributed by atoms with E-state index in [9.17, 15) is 17.2 Å². The molecular formula is C11H10F2N4O2S2. The number of hydrogen-bond donors (Lipinski definition) is 0. The van der Waals surface area contributed by atoms with E-state index in [0.29, 0.717) is 11.8 Å². The third kappa shape index (κ3) is 2.85. The molecule has 2 rings (SSSR count). The Balaban J connectivity index is 2.70. The molecule has 0 N–H and O–H groups in total. The van der Waals surface area contributed by atoms with E-state index in [0.717, 1.165) is 8.28 Å². The summed E-state index contributed by atoms with van der Waals surface area (Å²) in [6.07, 6.45) is 0. The number of imidazole rings is 1. The minimum atomic E-state index is -3.93. The van der Waals surface area contributed by atoms with Crippen LogP contribution in [-0.2, 0) is 10.2 Å². The average molecular weight is 332 g/mol. The lowest BCUT2D eigenvalue weighted by molar-refractivity contribution is 0.252. The topological polar surface area (TPSA) is 79.0 Å². The van der Waals surface area contributed by atoms with Crippen LogP contribution in [0.2, 0.25) is 0 Å². The molecule has 10 heteroatoms. The van der Waals surface area contributed by atoms with Gasteiger partial charge in [-0.3, -0.25) is 0 Å². The van der Waals surface area contributed by atoms with Gasteiger partial charge in [-0.15, -0.1) is 0 Å². The molecule has 6 nitrogen and oxygen atoms in total. The lowest BCUT2D eigenvalue weighted by Crippen LogP contribution is -2.29. The van der Waals surface area contributed by atoms with Gasteiger partial charge in [-0.2, -0.15) is 30.7 Å². The first-order valence-electron chi connectivity index (χ1n) is 5.58. The van der Waals surface area contributed by atoms with Gasteiger partial charge in [0.2, 0.25) is 5.82 Å². The maximum absolute atomic E-state index is 12.3. The molecule has 0 saturated carbocycles. The summed E-state index contributed by atoms with van der Waals surface area (Å²) in [6.45, 7) is 0. The Kier molecular flexibility index (Phi) is 4.18. The van der Waals surface area contributed by atoms with E-state index in [1.165, 1.54) is 32.3 Å². The maximum Gasteiger partial charge on any atom is 0.309 e.